The molecular weight excluding hydrogens is 224 g/mol. The van der Waals surface area contributed by atoms with E-state index in [0.717, 1.165) is 18.9 Å². The van der Waals surface area contributed by atoms with Gasteiger partial charge in [-0.3, -0.25) is 0 Å². The summed E-state index contributed by atoms with van der Waals surface area (Å²) < 4.78 is 6.34. The van der Waals surface area contributed by atoms with E-state index >= 15 is 0 Å². The Bertz CT molecular complexity index is 288. The Labute approximate surface area is 109 Å². The highest BCUT2D eigenvalue weighted by Crippen LogP contribution is 2.42. The molecule has 1 fully saturated rings. The molecule has 0 radical (unpaired) electrons. The van der Waals surface area contributed by atoms with Crippen LogP contribution in [-0.2, 0) is 4.43 Å². The summed E-state index contributed by atoms with van der Waals surface area (Å²) in [5.41, 5.74) is 1.42. The topological polar surface area (TPSA) is 9.23 Å². The van der Waals surface area contributed by atoms with Crippen molar-refractivity contribution in [1.29, 1.82) is 0 Å². The second-order valence-electron chi connectivity index (χ2n) is 7.34. The smallest absolute Gasteiger partial charge is 0.191 e. The van der Waals surface area contributed by atoms with Crippen molar-refractivity contribution in [2.45, 2.75) is 59.2 Å². The van der Waals surface area contributed by atoms with E-state index in [0.29, 0.717) is 16.9 Å². The van der Waals surface area contributed by atoms with Crippen molar-refractivity contribution in [2.24, 2.45) is 17.8 Å². The highest BCUT2D eigenvalue weighted by atomic mass is 28.4. The fourth-order valence-corrected chi connectivity index (χ4v) is 3.29. The quantitative estimate of drug-likeness (QED) is 0.516. The predicted octanol–water partition coefficient (Wildman–Crippen LogP) is 4.86. The van der Waals surface area contributed by atoms with Crippen LogP contribution in [0.15, 0.2) is 12.2 Å². The van der Waals surface area contributed by atoms with Gasteiger partial charge >= 0.3 is 0 Å². The van der Waals surface area contributed by atoms with E-state index in [-0.39, 0.29) is 0 Å². The fourth-order valence-electron chi connectivity index (χ4n) is 2.23. The monoisotopic (exact) mass is 254 g/mol. The maximum Gasteiger partial charge on any atom is 0.191 e. The fraction of sp³-hybridized carbons (Fsp3) is 0.867. The lowest BCUT2D eigenvalue weighted by Crippen LogP contribution is -2.42. The largest absolute Gasteiger partial charge is 0.417 e. The third-order valence-electron chi connectivity index (χ3n) is 5.17. The zero-order valence-electron chi connectivity index (χ0n) is 12.8. The van der Waals surface area contributed by atoms with Crippen LogP contribution in [0.25, 0.3) is 0 Å². The van der Waals surface area contributed by atoms with Gasteiger partial charge in [-0.25, -0.2) is 0 Å². The van der Waals surface area contributed by atoms with E-state index in [1.807, 2.05) is 0 Å². The first-order chi connectivity index (χ1) is 7.56. The van der Waals surface area contributed by atoms with Gasteiger partial charge in [-0.2, -0.15) is 0 Å². The van der Waals surface area contributed by atoms with Crippen LogP contribution < -0.4 is 0 Å². The van der Waals surface area contributed by atoms with E-state index in [2.05, 4.69) is 54.3 Å². The number of rotatable bonds is 3. The lowest BCUT2D eigenvalue weighted by atomic mass is 9.93. The van der Waals surface area contributed by atoms with Crippen molar-refractivity contribution < 1.29 is 4.43 Å². The molecular formula is C15H30OSi. The van der Waals surface area contributed by atoms with Crippen LogP contribution in [0, 0.1) is 17.8 Å². The van der Waals surface area contributed by atoms with Crippen LogP contribution in [0.1, 0.15) is 41.0 Å². The number of hydrogen-bond donors (Lipinski definition) is 0. The van der Waals surface area contributed by atoms with E-state index in [1.54, 1.807) is 0 Å². The Morgan fingerprint density at radius 1 is 1.29 bits per heavy atom. The second kappa shape index (κ2) is 4.89. The van der Waals surface area contributed by atoms with Crippen molar-refractivity contribution >= 4 is 8.32 Å². The molecule has 0 aliphatic heterocycles. The average molecular weight is 254 g/mol. The summed E-state index contributed by atoms with van der Waals surface area (Å²) in [6.45, 7) is 21.4. The van der Waals surface area contributed by atoms with Crippen LogP contribution in [0.4, 0.5) is 0 Å². The van der Waals surface area contributed by atoms with Crippen molar-refractivity contribution in [3.8, 4) is 0 Å². The van der Waals surface area contributed by atoms with Gasteiger partial charge in [0.2, 0.25) is 0 Å². The van der Waals surface area contributed by atoms with Crippen molar-refractivity contribution in [3.63, 3.8) is 0 Å². The van der Waals surface area contributed by atoms with Gasteiger partial charge < -0.3 is 4.43 Å². The first-order valence-electron chi connectivity index (χ1n) is 6.88. The third-order valence-corrected chi connectivity index (χ3v) is 9.67. The SMILES string of the molecule is C=C1C[C@@H](CO[Si](C)(C)C(C)(C)C)[C@H](C)C1C. The van der Waals surface area contributed by atoms with E-state index in [4.69, 9.17) is 4.43 Å². The summed E-state index contributed by atoms with van der Waals surface area (Å²) in [5.74, 6) is 2.09. The maximum atomic E-state index is 6.34. The first-order valence-corrected chi connectivity index (χ1v) is 9.78. The summed E-state index contributed by atoms with van der Waals surface area (Å²) >= 11 is 0. The van der Waals surface area contributed by atoms with Crippen molar-refractivity contribution in [2.75, 3.05) is 6.61 Å². The summed E-state index contributed by atoms with van der Waals surface area (Å²) in [6.07, 6.45) is 1.16. The minimum atomic E-state index is -1.58. The zero-order valence-corrected chi connectivity index (χ0v) is 13.8. The summed E-state index contributed by atoms with van der Waals surface area (Å²) in [4.78, 5) is 0. The van der Waals surface area contributed by atoms with Crippen LogP contribution in [0.3, 0.4) is 0 Å². The molecule has 1 saturated carbocycles. The Hall–Kier alpha value is -0.0831. The highest BCUT2D eigenvalue weighted by molar-refractivity contribution is 6.74. The van der Waals surface area contributed by atoms with Crippen LogP contribution >= 0.6 is 0 Å². The van der Waals surface area contributed by atoms with Crippen LogP contribution in [-0.4, -0.2) is 14.9 Å². The molecule has 1 aliphatic rings. The summed E-state index contributed by atoms with van der Waals surface area (Å²) in [6, 6.07) is 0. The standard InChI is InChI=1S/C15H30OSi/c1-11-9-14(13(3)12(11)2)10-16-17(7,8)15(4,5)6/h12-14H,1,9-10H2,2-8H3/t12?,13-,14+/m1/s1. The minimum Gasteiger partial charge on any atom is -0.417 e. The molecule has 0 aromatic heterocycles. The molecule has 2 heteroatoms. The van der Waals surface area contributed by atoms with Gasteiger partial charge in [0, 0.05) is 6.61 Å². The molecule has 0 bridgehead atoms. The third kappa shape index (κ3) is 3.23. The lowest BCUT2D eigenvalue weighted by Gasteiger charge is -2.37. The molecule has 1 rings (SSSR count). The van der Waals surface area contributed by atoms with Gasteiger partial charge in [-0.05, 0) is 42.3 Å². The molecule has 0 N–H and O–H groups in total. The van der Waals surface area contributed by atoms with Gasteiger partial charge in [-0.1, -0.05) is 46.8 Å². The molecule has 0 aromatic carbocycles. The minimum absolute atomic E-state index is 0.317. The molecule has 1 aliphatic carbocycles. The average Bonchev–Trinajstić information content (AvgIpc) is 2.41. The van der Waals surface area contributed by atoms with Gasteiger partial charge in [0.15, 0.2) is 8.32 Å². The molecule has 0 heterocycles. The Balaban J connectivity index is 2.55. The highest BCUT2D eigenvalue weighted by Gasteiger charge is 2.39. The van der Waals surface area contributed by atoms with Crippen LogP contribution in [0.2, 0.25) is 18.1 Å². The molecule has 0 aromatic rings. The maximum absolute atomic E-state index is 6.34. The molecule has 17 heavy (non-hydrogen) atoms. The Kier molecular flexibility index (Phi) is 4.31. The molecule has 0 spiro atoms. The Morgan fingerprint density at radius 2 is 1.82 bits per heavy atom. The molecule has 100 valence electrons. The normalized spacial score (nSPS) is 31.0. The molecule has 0 amide bonds. The first kappa shape index (κ1) is 15.0. The molecule has 0 saturated heterocycles. The van der Waals surface area contributed by atoms with E-state index < -0.39 is 8.32 Å². The molecule has 1 unspecified atom stereocenters. The molecule has 1 nitrogen and oxygen atoms in total. The van der Waals surface area contributed by atoms with E-state index in [9.17, 15) is 0 Å². The summed E-state index contributed by atoms with van der Waals surface area (Å²) in [7, 11) is -1.58. The lowest BCUT2D eigenvalue weighted by molar-refractivity contribution is 0.194. The van der Waals surface area contributed by atoms with Gasteiger partial charge in [0.25, 0.3) is 0 Å². The van der Waals surface area contributed by atoms with Gasteiger partial charge in [0.05, 0.1) is 0 Å². The molecule has 3 atom stereocenters. The van der Waals surface area contributed by atoms with Crippen LogP contribution in [0.5, 0.6) is 0 Å². The zero-order chi connectivity index (χ0) is 13.4. The van der Waals surface area contributed by atoms with Crippen molar-refractivity contribution in [3.05, 3.63) is 12.2 Å². The Morgan fingerprint density at radius 3 is 2.18 bits per heavy atom. The predicted molar refractivity (Wildman–Crippen MR) is 78.7 cm³/mol. The van der Waals surface area contributed by atoms with E-state index in [1.165, 1.54) is 5.57 Å². The number of allylic oxidation sites excluding steroid dienone is 1. The second-order valence-corrected chi connectivity index (χ2v) is 12.2. The number of hydrogen-bond acceptors (Lipinski definition) is 1. The summed E-state index contributed by atoms with van der Waals surface area (Å²) in [5, 5.41) is 0.317. The van der Waals surface area contributed by atoms with Gasteiger partial charge in [-0.15, -0.1) is 0 Å². The van der Waals surface area contributed by atoms with Gasteiger partial charge in [0.1, 0.15) is 0 Å². The van der Waals surface area contributed by atoms with Crippen molar-refractivity contribution in [1.82, 2.24) is 0 Å².